The Morgan fingerprint density at radius 1 is 1.24 bits per heavy atom. The maximum Gasteiger partial charge on any atom is 0.272 e. The first-order chi connectivity index (χ1) is 13.7. The number of aromatic nitrogens is 3. The molecule has 156 valence electrons. The lowest BCUT2D eigenvalue weighted by Gasteiger charge is -2.29. The first kappa shape index (κ1) is 21.3. The van der Waals surface area contributed by atoms with Crippen molar-refractivity contribution in [2.45, 2.75) is 59.0 Å². The number of amides is 2. The van der Waals surface area contributed by atoms with Gasteiger partial charge in [0.05, 0.1) is 10.7 Å². The van der Waals surface area contributed by atoms with Crippen molar-refractivity contribution in [2.24, 2.45) is 5.41 Å². The van der Waals surface area contributed by atoms with Gasteiger partial charge in [0.2, 0.25) is 5.91 Å². The normalized spacial score (nSPS) is 15.2. The Kier molecular flexibility index (Phi) is 6.27. The van der Waals surface area contributed by atoms with Crippen LogP contribution in [0.1, 0.15) is 56.2 Å². The molecule has 0 saturated heterocycles. The lowest BCUT2D eigenvalue weighted by Crippen LogP contribution is -2.53. The van der Waals surface area contributed by atoms with Crippen LogP contribution in [0.5, 0.6) is 0 Å². The number of carbonyl (C=O) groups is 2. The number of rotatable bonds is 4. The summed E-state index contributed by atoms with van der Waals surface area (Å²) >= 11 is 6.37. The van der Waals surface area contributed by atoms with E-state index >= 15 is 0 Å². The molecular formula is C21H28ClN5O2. The second-order valence-corrected chi connectivity index (χ2v) is 8.84. The van der Waals surface area contributed by atoms with Crippen molar-refractivity contribution < 1.29 is 9.59 Å². The van der Waals surface area contributed by atoms with Gasteiger partial charge in [0.1, 0.15) is 17.6 Å². The fraction of sp³-hybridized carbons (Fsp3) is 0.524. The van der Waals surface area contributed by atoms with Gasteiger partial charge in [0.15, 0.2) is 0 Å². The van der Waals surface area contributed by atoms with Gasteiger partial charge in [-0.2, -0.15) is 0 Å². The summed E-state index contributed by atoms with van der Waals surface area (Å²) in [7, 11) is 1.57. The van der Waals surface area contributed by atoms with E-state index < -0.39 is 11.5 Å². The summed E-state index contributed by atoms with van der Waals surface area (Å²) in [4.78, 5) is 34.3. The van der Waals surface area contributed by atoms with E-state index in [-0.39, 0.29) is 11.8 Å². The number of hydrogen-bond acceptors (Lipinski definition) is 4. The molecule has 1 atom stereocenters. The lowest BCUT2D eigenvalue weighted by molar-refractivity contribution is -0.124. The van der Waals surface area contributed by atoms with Gasteiger partial charge in [-0.1, -0.05) is 38.8 Å². The second kappa shape index (κ2) is 8.53. The molecule has 2 aromatic heterocycles. The molecule has 1 aliphatic rings. The summed E-state index contributed by atoms with van der Waals surface area (Å²) in [6.45, 7) is 6.54. The predicted octanol–water partition coefficient (Wildman–Crippen LogP) is 3.22. The molecule has 2 aromatic rings. The summed E-state index contributed by atoms with van der Waals surface area (Å²) in [6.07, 6.45) is 7.11. The van der Waals surface area contributed by atoms with E-state index in [9.17, 15) is 9.59 Å². The molecule has 0 bridgehead atoms. The summed E-state index contributed by atoms with van der Waals surface area (Å²) in [5, 5.41) is 6.03. The first-order valence-electron chi connectivity index (χ1n) is 9.95. The Balaban J connectivity index is 2.04. The molecule has 29 heavy (non-hydrogen) atoms. The van der Waals surface area contributed by atoms with Gasteiger partial charge in [-0.3, -0.25) is 14.6 Å². The van der Waals surface area contributed by atoms with Crippen molar-refractivity contribution >= 4 is 23.4 Å². The van der Waals surface area contributed by atoms with Gasteiger partial charge in [0.25, 0.3) is 5.91 Å². The molecule has 0 fully saturated rings. The lowest BCUT2D eigenvalue weighted by atomic mass is 9.86. The van der Waals surface area contributed by atoms with E-state index in [1.54, 1.807) is 19.4 Å². The molecule has 0 aliphatic carbocycles. The average Bonchev–Trinajstić information content (AvgIpc) is 2.85. The van der Waals surface area contributed by atoms with Crippen molar-refractivity contribution in [3.05, 3.63) is 34.9 Å². The number of nitrogens with one attached hydrogen (secondary N) is 2. The molecule has 2 amide bonds. The molecule has 0 spiro atoms. The first-order valence-corrected chi connectivity index (χ1v) is 10.3. The van der Waals surface area contributed by atoms with E-state index in [1.807, 2.05) is 26.8 Å². The Bertz CT molecular complexity index is 916. The van der Waals surface area contributed by atoms with Crippen molar-refractivity contribution in [2.75, 3.05) is 7.05 Å². The van der Waals surface area contributed by atoms with Crippen LogP contribution in [0.3, 0.4) is 0 Å². The average molecular weight is 418 g/mol. The van der Waals surface area contributed by atoms with E-state index in [4.69, 9.17) is 16.6 Å². The second-order valence-electron chi connectivity index (χ2n) is 8.44. The van der Waals surface area contributed by atoms with E-state index in [2.05, 4.69) is 20.2 Å². The number of likely N-dealkylation sites (N-methyl/N-ethyl adjacent to an activating group) is 1. The topological polar surface area (TPSA) is 88.9 Å². The molecule has 1 aliphatic heterocycles. The number of hydrogen-bond donors (Lipinski definition) is 2. The molecule has 3 rings (SSSR count). The van der Waals surface area contributed by atoms with Crippen LogP contribution in [0.2, 0.25) is 5.02 Å². The zero-order valence-electron chi connectivity index (χ0n) is 17.4. The highest BCUT2D eigenvalue weighted by Gasteiger charge is 2.34. The van der Waals surface area contributed by atoms with Crippen molar-refractivity contribution in [3.8, 4) is 11.4 Å². The molecule has 3 heterocycles. The van der Waals surface area contributed by atoms with E-state index in [1.165, 1.54) is 0 Å². The molecule has 7 nitrogen and oxygen atoms in total. The molecule has 0 aromatic carbocycles. The summed E-state index contributed by atoms with van der Waals surface area (Å²) in [5.74, 6) is 0.107. The highest BCUT2D eigenvalue weighted by Crippen LogP contribution is 2.31. The maximum absolute atomic E-state index is 13.2. The number of imidazole rings is 1. The quantitative estimate of drug-likeness (QED) is 0.799. The van der Waals surface area contributed by atoms with E-state index in [0.29, 0.717) is 16.5 Å². The zero-order valence-corrected chi connectivity index (χ0v) is 18.1. The minimum Gasteiger partial charge on any atom is -0.357 e. The molecular weight excluding hydrogens is 390 g/mol. The van der Waals surface area contributed by atoms with Crippen LogP contribution in [-0.4, -0.2) is 39.4 Å². The standard InChI is InChI=1S/C21H28ClN5O2/c1-21(2,3)17(20(29)23-4)26-19(28)16-15-8-6-5-7-11-27(15)18(25-16)13-9-10-24-12-14(13)22/h9-10,12,17H,5-8,11H2,1-4H3,(H,23,29)(H,26,28)/t17-/m1/s1. The van der Waals surface area contributed by atoms with Crippen LogP contribution >= 0.6 is 11.6 Å². The van der Waals surface area contributed by atoms with Gasteiger partial charge < -0.3 is 15.2 Å². The van der Waals surface area contributed by atoms with Gasteiger partial charge in [-0.05, 0) is 30.7 Å². The van der Waals surface area contributed by atoms with Gasteiger partial charge in [-0.25, -0.2) is 4.98 Å². The Labute approximate surface area is 176 Å². The van der Waals surface area contributed by atoms with Crippen molar-refractivity contribution in [1.29, 1.82) is 0 Å². The highest BCUT2D eigenvalue weighted by atomic mass is 35.5. The molecule has 2 N–H and O–H groups in total. The van der Waals surface area contributed by atoms with Gasteiger partial charge in [-0.15, -0.1) is 0 Å². The Morgan fingerprint density at radius 2 is 2.00 bits per heavy atom. The highest BCUT2D eigenvalue weighted by molar-refractivity contribution is 6.33. The Hall–Kier alpha value is -2.41. The van der Waals surface area contributed by atoms with E-state index in [0.717, 1.165) is 43.5 Å². The SMILES string of the molecule is CNC(=O)[C@@H](NC(=O)c1nc(-c2ccncc2Cl)n2c1CCCCC2)C(C)(C)C. The monoisotopic (exact) mass is 417 g/mol. The van der Waals surface area contributed by atoms with Gasteiger partial charge >= 0.3 is 0 Å². The third kappa shape index (κ3) is 4.45. The van der Waals surface area contributed by atoms with Gasteiger partial charge in [0, 0.05) is 31.5 Å². The minimum absolute atomic E-state index is 0.228. The number of nitrogens with zero attached hydrogens (tertiary/aromatic N) is 3. The minimum atomic E-state index is -0.670. The predicted molar refractivity (Wildman–Crippen MR) is 113 cm³/mol. The fourth-order valence-corrected chi connectivity index (χ4v) is 3.89. The van der Waals surface area contributed by atoms with Crippen LogP contribution in [0.25, 0.3) is 11.4 Å². The van der Waals surface area contributed by atoms with Crippen molar-refractivity contribution in [3.63, 3.8) is 0 Å². The number of pyridine rings is 1. The van der Waals surface area contributed by atoms with Crippen LogP contribution in [0.4, 0.5) is 0 Å². The number of carbonyl (C=O) groups excluding carboxylic acids is 2. The molecule has 0 saturated carbocycles. The third-order valence-corrected chi connectivity index (χ3v) is 5.55. The summed E-state index contributed by atoms with van der Waals surface area (Å²) in [5.41, 5.74) is 1.58. The summed E-state index contributed by atoms with van der Waals surface area (Å²) < 4.78 is 2.09. The Morgan fingerprint density at radius 3 is 2.66 bits per heavy atom. The molecule has 0 unspecified atom stereocenters. The van der Waals surface area contributed by atoms with Crippen LogP contribution < -0.4 is 10.6 Å². The van der Waals surface area contributed by atoms with Crippen LogP contribution in [0.15, 0.2) is 18.5 Å². The summed E-state index contributed by atoms with van der Waals surface area (Å²) in [6, 6.07) is 1.14. The van der Waals surface area contributed by atoms with Crippen LogP contribution in [-0.2, 0) is 17.8 Å². The van der Waals surface area contributed by atoms with Crippen LogP contribution in [0, 0.1) is 5.41 Å². The molecule has 8 heteroatoms. The van der Waals surface area contributed by atoms with Crippen molar-refractivity contribution in [1.82, 2.24) is 25.2 Å². The number of fused-ring (bicyclic) bond motifs is 1. The largest absolute Gasteiger partial charge is 0.357 e. The fourth-order valence-electron chi connectivity index (χ4n) is 3.68. The smallest absolute Gasteiger partial charge is 0.272 e. The maximum atomic E-state index is 13.2. The zero-order chi connectivity index (χ0) is 21.2. The molecule has 0 radical (unpaired) electrons. The third-order valence-electron chi connectivity index (χ3n) is 5.25. The number of halogens is 1.